The number of ether oxygens (including phenoxy) is 1. The number of amides is 1. The van der Waals surface area contributed by atoms with E-state index in [2.05, 4.69) is 22.5 Å². The molecule has 5 heteroatoms. The maximum Gasteiger partial charge on any atom is 0.278 e. The first-order valence-corrected chi connectivity index (χ1v) is 8.28. The van der Waals surface area contributed by atoms with Crippen LogP contribution in [0.2, 0.25) is 0 Å². The van der Waals surface area contributed by atoms with Crippen LogP contribution in [0.15, 0.2) is 48.0 Å². The van der Waals surface area contributed by atoms with Crippen LogP contribution in [-0.4, -0.2) is 10.9 Å². The minimum absolute atomic E-state index is 0.123. The molecule has 1 amide bonds. The Kier molecular flexibility index (Phi) is 4.85. The molecule has 0 spiro atoms. The largest absolute Gasteiger partial charge is 0.431 e. The molecule has 1 aliphatic rings. The second-order valence-electron chi connectivity index (χ2n) is 5.24. The van der Waals surface area contributed by atoms with Crippen molar-refractivity contribution in [3.63, 3.8) is 0 Å². The lowest BCUT2D eigenvalue weighted by molar-refractivity contribution is -0.125. The van der Waals surface area contributed by atoms with Gasteiger partial charge in [0, 0.05) is 24.0 Å². The predicted octanol–water partition coefficient (Wildman–Crippen LogP) is 3.91. The van der Waals surface area contributed by atoms with Crippen LogP contribution in [0.3, 0.4) is 0 Å². The Morgan fingerprint density at radius 2 is 2.18 bits per heavy atom. The molecule has 1 N–H and O–H groups in total. The van der Waals surface area contributed by atoms with E-state index < -0.39 is 0 Å². The van der Waals surface area contributed by atoms with Crippen molar-refractivity contribution in [3.05, 3.63) is 53.6 Å². The maximum absolute atomic E-state index is 12.1. The van der Waals surface area contributed by atoms with Gasteiger partial charge in [0.15, 0.2) is 0 Å². The van der Waals surface area contributed by atoms with E-state index in [1.165, 1.54) is 11.3 Å². The molecule has 3 rings (SSSR count). The zero-order chi connectivity index (χ0) is 15.2. The van der Waals surface area contributed by atoms with Crippen molar-refractivity contribution in [1.29, 1.82) is 0 Å². The van der Waals surface area contributed by atoms with Gasteiger partial charge in [0.25, 0.3) is 5.19 Å². The fraction of sp³-hybridized carbons (Fsp3) is 0.294. The van der Waals surface area contributed by atoms with Gasteiger partial charge < -0.3 is 10.1 Å². The lowest BCUT2D eigenvalue weighted by Crippen LogP contribution is -2.30. The number of rotatable bonds is 5. The Hall–Kier alpha value is -2.14. The summed E-state index contributed by atoms with van der Waals surface area (Å²) >= 11 is 1.46. The number of nitrogens with one attached hydrogen (secondary N) is 1. The van der Waals surface area contributed by atoms with Gasteiger partial charge in [-0.05, 0) is 37.0 Å². The first kappa shape index (κ1) is 14.8. The molecule has 0 aliphatic heterocycles. The molecule has 4 nitrogen and oxygen atoms in total. The normalized spacial score (nSPS) is 17.2. The molecule has 0 saturated heterocycles. The average Bonchev–Trinajstić information content (AvgIpc) is 3.08. The van der Waals surface area contributed by atoms with Gasteiger partial charge >= 0.3 is 0 Å². The molecule has 1 aromatic heterocycles. The number of nitrogens with zero attached hydrogens (tertiary/aromatic N) is 1. The minimum atomic E-state index is 0.123. The van der Waals surface area contributed by atoms with Crippen LogP contribution in [0.1, 0.15) is 24.8 Å². The molecule has 0 radical (unpaired) electrons. The van der Waals surface area contributed by atoms with Gasteiger partial charge in [-0.25, -0.2) is 4.98 Å². The smallest absolute Gasteiger partial charge is 0.278 e. The Morgan fingerprint density at radius 3 is 2.86 bits per heavy atom. The minimum Gasteiger partial charge on any atom is -0.431 e. The third-order valence-electron chi connectivity index (χ3n) is 3.64. The summed E-state index contributed by atoms with van der Waals surface area (Å²) in [7, 11) is 0. The van der Waals surface area contributed by atoms with E-state index in [-0.39, 0.29) is 11.8 Å². The highest BCUT2D eigenvalue weighted by Gasteiger charge is 2.17. The van der Waals surface area contributed by atoms with Crippen molar-refractivity contribution >= 4 is 17.2 Å². The van der Waals surface area contributed by atoms with Crippen molar-refractivity contribution in [1.82, 2.24) is 10.3 Å². The molecule has 22 heavy (non-hydrogen) atoms. The van der Waals surface area contributed by atoms with Gasteiger partial charge in [0.1, 0.15) is 5.75 Å². The zero-order valence-electron chi connectivity index (χ0n) is 12.2. The van der Waals surface area contributed by atoms with E-state index >= 15 is 0 Å². The first-order valence-electron chi connectivity index (χ1n) is 7.40. The number of carbonyl (C=O) groups excluding carboxylic acids is 1. The number of allylic oxidation sites excluding steroid dienone is 2. The summed E-state index contributed by atoms with van der Waals surface area (Å²) in [6, 6.07) is 7.71. The Labute approximate surface area is 133 Å². The molecule has 1 atom stereocenters. The van der Waals surface area contributed by atoms with Gasteiger partial charge in [0.05, 0.1) is 0 Å². The lowest BCUT2D eigenvalue weighted by Gasteiger charge is -2.17. The van der Waals surface area contributed by atoms with Gasteiger partial charge in [0.2, 0.25) is 5.91 Å². The maximum atomic E-state index is 12.1. The highest BCUT2D eigenvalue weighted by atomic mass is 32.1. The highest BCUT2D eigenvalue weighted by molar-refractivity contribution is 7.11. The standard InChI is InChI=1S/C17H18N2O2S/c20-16(14-4-2-1-3-5-14)19-12-13-6-8-15(9-7-13)21-17-18-10-11-22-17/h1-2,6-11,14H,3-5,12H2,(H,19,20)/t14-/m1/s1. The topological polar surface area (TPSA) is 51.2 Å². The van der Waals surface area contributed by atoms with Crippen LogP contribution >= 0.6 is 11.3 Å². The molecule has 1 heterocycles. The van der Waals surface area contributed by atoms with Gasteiger partial charge in [-0.1, -0.05) is 35.6 Å². The van der Waals surface area contributed by atoms with Gasteiger partial charge in [-0.3, -0.25) is 4.79 Å². The van der Waals surface area contributed by atoms with Crippen LogP contribution in [0.5, 0.6) is 10.9 Å². The molecular formula is C17H18N2O2S. The first-order chi connectivity index (χ1) is 10.8. The summed E-state index contributed by atoms with van der Waals surface area (Å²) < 4.78 is 5.61. The van der Waals surface area contributed by atoms with Gasteiger partial charge in [-0.2, -0.15) is 0 Å². The lowest BCUT2D eigenvalue weighted by atomic mass is 9.93. The molecule has 0 saturated carbocycles. The molecule has 0 fully saturated rings. The fourth-order valence-electron chi connectivity index (χ4n) is 2.40. The molecule has 2 aromatic rings. The SMILES string of the molecule is O=C(NCc1ccc(Oc2nccs2)cc1)[C@@H]1CC=CCC1. The summed E-state index contributed by atoms with van der Waals surface area (Å²) in [6.07, 6.45) is 8.75. The summed E-state index contributed by atoms with van der Waals surface area (Å²) in [6.45, 7) is 0.552. The van der Waals surface area contributed by atoms with Crippen LogP contribution in [0.4, 0.5) is 0 Å². The van der Waals surface area contributed by atoms with E-state index in [9.17, 15) is 4.79 Å². The Balaban J connectivity index is 1.50. The predicted molar refractivity (Wildman–Crippen MR) is 87.0 cm³/mol. The van der Waals surface area contributed by atoms with E-state index in [0.29, 0.717) is 11.7 Å². The van der Waals surface area contributed by atoms with E-state index in [0.717, 1.165) is 30.6 Å². The molecule has 0 unspecified atom stereocenters. The Bertz CT molecular complexity index is 635. The average molecular weight is 314 g/mol. The van der Waals surface area contributed by atoms with Crippen LogP contribution < -0.4 is 10.1 Å². The van der Waals surface area contributed by atoms with E-state index in [1.807, 2.05) is 29.6 Å². The number of hydrogen-bond acceptors (Lipinski definition) is 4. The molecular weight excluding hydrogens is 296 g/mol. The number of thiazole rings is 1. The second kappa shape index (κ2) is 7.22. The van der Waals surface area contributed by atoms with Crippen LogP contribution in [-0.2, 0) is 11.3 Å². The van der Waals surface area contributed by atoms with Crippen molar-refractivity contribution in [2.45, 2.75) is 25.8 Å². The van der Waals surface area contributed by atoms with Crippen molar-refractivity contribution in [3.8, 4) is 10.9 Å². The number of hydrogen-bond donors (Lipinski definition) is 1. The van der Waals surface area contributed by atoms with Crippen LogP contribution in [0, 0.1) is 5.92 Å². The van der Waals surface area contributed by atoms with Crippen molar-refractivity contribution < 1.29 is 9.53 Å². The second-order valence-corrected chi connectivity index (χ2v) is 6.10. The summed E-state index contributed by atoms with van der Waals surface area (Å²) in [5.74, 6) is 1.02. The van der Waals surface area contributed by atoms with Crippen LogP contribution in [0.25, 0.3) is 0 Å². The molecule has 0 bridgehead atoms. The quantitative estimate of drug-likeness (QED) is 0.851. The number of carbonyl (C=O) groups is 1. The third kappa shape index (κ3) is 3.95. The summed E-state index contributed by atoms with van der Waals surface area (Å²) in [4.78, 5) is 16.2. The van der Waals surface area contributed by atoms with E-state index in [1.54, 1.807) is 6.20 Å². The molecule has 1 aromatic carbocycles. The summed E-state index contributed by atoms with van der Waals surface area (Å²) in [5, 5.41) is 5.52. The highest BCUT2D eigenvalue weighted by Crippen LogP contribution is 2.23. The Morgan fingerprint density at radius 1 is 1.32 bits per heavy atom. The zero-order valence-corrected chi connectivity index (χ0v) is 13.0. The third-order valence-corrected chi connectivity index (χ3v) is 4.29. The fourth-order valence-corrected chi connectivity index (χ4v) is 2.91. The monoisotopic (exact) mass is 314 g/mol. The summed E-state index contributed by atoms with van der Waals surface area (Å²) in [5.41, 5.74) is 1.06. The number of benzene rings is 1. The van der Waals surface area contributed by atoms with Gasteiger partial charge in [-0.15, -0.1) is 0 Å². The molecule has 114 valence electrons. The number of aromatic nitrogens is 1. The van der Waals surface area contributed by atoms with Crippen molar-refractivity contribution in [2.24, 2.45) is 5.92 Å². The van der Waals surface area contributed by atoms with E-state index in [4.69, 9.17) is 4.74 Å². The molecule has 1 aliphatic carbocycles. The van der Waals surface area contributed by atoms with Crippen molar-refractivity contribution in [2.75, 3.05) is 0 Å².